The van der Waals surface area contributed by atoms with Crippen LogP contribution in [0.5, 0.6) is 0 Å². The van der Waals surface area contributed by atoms with Crippen molar-refractivity contribution >= 4 is 11.9 Å². The lowest BCUT2D eigenvalue weighted by Crippen LogP contribution is -2.44. The van der Waals surface area contributed by atoms with E-state index in [2.05, 4.69) is 10.6 Å². The van der Waals surface area contributed by atoms with Crippen LogP contribution in [0.3, 0.4) is 0 Å². The van der Waals surface area contributed by atoms with Crippen molar-refractivity contribution in [2.24, 2.45) is 5.92 Å². The van der Waals surface area contributed by atoms with Crippen molar-refractivity contribution in [2.75, 3.05) is 13.1 Å². The van der Waals surface area contributed by atoms with E-state index in [9.17, 15) is 9.59 Å². The smallest absolute Gasteiger partial charge is 0.305 e. The lowest BCUT2D eigenvalue weighted by molar-refractivity contribution is -0.137. The molecule has 0 aromatic rings. The number of carboxylic acids is 1. The van der Waals surface area contributed by atoms with E-state index < -0.39 is 5.97 Å². The van der Waals surface area contributed by atoms with Gasteiger partial charge in [-0.2, -0.15) is 0 Å². The van der Waals surface area contributed by atoms with Crippen LogP contribution in [0.2, 0.25) is 0 Å². The largest absolute Gasteiger partial charge is 0.481 e. The summed E-state index contributed by atoms with van der Waals surface area (Å²) in [5.41, 5.74) is 0. The van der Waals surface area contributed by atoms with Crippen LogP contribution < -0.4 is 10.6 Å². The zero-order valence-electron chi connectivity index (χ0n) is 9.66. The molecule has 5 nitrogen and oxygen atoms in total. The Morgan fingerprint density at radius 1 is 1.56 bits per heavy atom. The molecule has 0 aromatic heterocycles. The molecular formula is C11H20N2O3. The van der Waals surface area contributed by atoms with E-state index >= 15 is 0 Å². The van der Waals surface area contributed by atoms with E-state index in [1.165, 1.54) is 0 Å². The number of rotatable bonds is 5. The van der Waals surface area contributed by atoms with E-state index in [4.69, 9.17) is 5.11 Å². The number of hydrogen-bond donors (Lipinski definition) is 3. The lowest BCUT2D eigenvalue weighted by Gasteiger charge is -2.24. The highest BCUT2D eigenvalue weighted by Gasteiger charge is 2.23. The number of aliphatic carboxylic acids is 1. The number of carbonyl (C=O) groups excluding carboxylic acids is 1. The summed E-state index contributed by atoms with van der Waals surface area (Å²) in [6.45, 7) is 3.55. The van der Waals surface area contributed by atoms with Gasteiger partial charge in [0.2, 0.25) is 5.91 Å². The van der Waals surface area contributed by atoms with Crippen LogP contribution >= 0.6 is 0 Å². The van der Waals surface area contributed by atoms with E-state index in [0.717, 1.165) is 19.4 Å². The molecule has 0 saturated carbocycles. The van der Waals surface area contributed by atoms with Crippen LogP contribution in [0.4, 0.5) is 0 Å². The summed E-state index contributed by atoms with van der Waals surface area (Å²) < 4.78 is 0. The molecule has 0 spiro atoms. The molecule has 0 radical (unpaired) electrons. The van der Waals surface area contributed by atoms with Crippen LogP contribution in [0.1, 0.15) is 32.6 Å². The summed E-state index contributed by atoms with van der Waals surface area (Å²) >= 11 is 0. The van der Waals surface area contributed by atoms with Gasteiger partial charge < -0.3 is 15.7 Å². The Morgan fingerprint density at radius 2 is 2.31 bits per heavy atom. The van der Waals surface area contributed by atoms with Gasteiger partial charge in [0, 0.05) is 12.6 Å². The molecule has 16 heavy (non-hydrogen) atoms. The molecule has 1 aliphatic rings. The monoisotopic (exact) mass is 228 g/mol. The fraction of sp³-hybridized carbons (Fsp3) is 0.818. The quantitative estimate of drug-likeness (QED) is 0.634. The molecule has 1 unspecified atom stereocenters. The SMILES string of the molecule is CCC(CC(=O)O)NC(=O)[C@H]1CCCNC1. The van der Waals surface area contributed by atoms with Crippen molar-refractivity contribution in [2.45, 2.75) is 38.6 Å². The molecule has 2 atom stereocenters. The van der Waals surface area contributed by atoms with Crippen LogP contribution in [-0.4, -0.2) is 36.1 Å². The molecule has 3 N–H and O–H groups in total. The molecule has 0 aliphatic carbocycles. The third kappa shape index (κ3) is 4.18. The average molecular weight is 228 g/mol. The van der Waals surface area contributed by atoms with Crippen molar-refractivity contribution in [3.8, 4) is 0 Å². The van der Waals surface area contributed by atoms with Crippen LogP contribution in [0, 0.1) is 5.92 Å². The number of hydrogen-bond acceptors (Lipinski definition) is 3. The normalized spacial score (nSPS) is 22.4. The van der Waals surface area contributed by atoms with Gasteiger partial charge in [0.1, 0.15) is 0 Å². The number of carboxylic acid groups (broad SMARTS) is 1. The summed E-state index contributed by atoms with van der Waals surface area (Å²) in [4.78, 5) is 22.4. The first-order valence-electron chi connectivity index (χ1n) is 5.86. The molecule has 1 fully saturated rings. The highest BCUT2D eigenvalue weighted by atomic mass is 16.4. The standard InChI is InChI=1S/C11H20N2O3/c1-2-9(6-10(14)15)13-11(16)8-4-3-5-12-7-8/h8-9,12H,2-7H2,1H3,(H,13,16)(H,14,15)/t8-,9?/m0/s1. The molecule has 5 heteroatoms. The zero-order valence-corrected chi connectivity index (χ0v) is 9.66. The van der Waals surface area contributed by atoms with Gasteiger partial charge in [0.25, 0.3) is 0 Å². The van der Waals surface area contributed by atoms with Gasteiger partial charge in [-0.15, -0.1) is 0 Å². The van der Waals surface area contributed by atoms with Crippen molar-refractivity contribution in [1.29, 1.82) is 0 Å². The fourth-order valence-corrected chi connectivity index (χ4v) is 1.90. The van der Waals surface area contributed by atoms with Gasteiger partial charge in [-0.05, 0) is 25.8 Å². The number of piperidine rings is 1. The summed E-state index contributed by atoms with van der Waals surface area (Å²) in [6.07, 6.45) is 2.55. The maximum absolute atomic E-state index is 11.8. The molecule has 92 valence electrons. The van der Waals surface area contributed by atoms with Crippen LogP contribution in [0.15, 0.2) is 0 Å². The van der Waals surface area contributed by atoms with E-state index in [1.54, 1.807) is 0 Å². The summed E-state index contributed by atoms with van der Waals surface area (Å²) in [6, 6.07) is -0.244. The second-order valence-electron chi connectivity index (χ2n) is 4.25. The molecular weight excluding hydrogens is 208 g/mol. The van der Waals surface area contributed by atoms with E-state index in [0.29, 0.717) is 13.0 Å². The van der Waals surface area contributed by atoms with Gasteiger partial charge in [-0.3, -0.25) is 9.59 Å². The number of amides is 1. The molecule has 1 saturated heterocycles. The van der Waals surface area contributed by atoms with Crippen molar-refractivity contribution < 1.29 is 14.7 Å². The maximum Gasteiger partial charge on any atom is 0.305 e. The van der Waals surface area contributed by atoms with E-state index in [1.807, 2.05) is 6.92 Å². The van der Waals surface area contributed by atoms with Crippen LogP contribution in [0.25, 0.3) is 0 Å². The molecule has 1 heterocycles. The van der Waals surface area contributed by atoms with Gasteiger partial charge in [-0.25, -0.2) is 0 Å². The fourth-order valence-electron chi connectivity index (χ4n) is 1.90. The number of carbonyl (C=O) groups is 2. The third-order valence-electron chi connectivity index (χ3n) is 2.93. The minimum absolute atomic E-state index is 0.00237. The van der Waals surface area contributed by atoms with Gasteiger partial charge in [0.15, 0.2) is 0 Å². The lowest BCUT2D eigenvalue weighted by atomic mass is 9.98. The first-order chi connectivity index (χ1) is 7.63. The molecule has 1 rings (SSSR count). The molecule has 0 bridgehead atoms. The van der Waals surface area contributed by atoms with E-state index in [-0.39, 0.29) is 24.3 Å². The van der Waals surface area contributed by atoms with Crippen molar-refractivity contribution in [1.82, 2.24) is 10.6 Å². The van der Waals surface area contributed by atoms with Crippen molar-refractivity contribution in [3.63, 3.8) is 0 Å². The topological polar surface area (TPSA) is 78.4 Å². The summed E-state index contributed by atoms with van der Waals surface area (Å²) in [5.74, 6) is -0.884. The Hall–Kier alpha value is -1.10. The second kappa shape index (κ2) is 6.48. The summed E-state index contributed by atoms with van der Waals surface area (Å²) in [5, 5.41) is 14.7. The minimum atomic E-state index is -0.867. The highest BCUT2D eigenvalue weighted by molar-refractivity contribution is 5.80. The predicted octanol–water partition coefficient (Wildman–Crippen LogP) is 0.356. The highest BCUT2D eigenvalue weighted by Crippen LogP contribution is 2.11. The number of nitrogens with one attached hydrogen (secondary N) is 2. The first-order valence-corrected chi connectivity index (χ1v) is 5.86. The average Bonchev–Trinajstić information content (AvgIpc) is 2.28. The second-order valence-corrected chi connectivity index (χ2v) is 4.25. The molecule has 1 aliphatic heterocycles. The molecule has 1 amide bonds. The zero-order chi connectivity index (χ0) is 12.0. The Bertz CT molecular complexity index is 250. The maximum atomic E-state index is 11.8. The van der Waals surface area contributed by atoms with Crippen LogP contribution in [-0.2, 0) is 9.59 Å². The Balaban J connectivity index is 2.38. The Morgan fingerprint density at radius 3 is 2.81 bits per heavy atom. The van der Waals surface area contributed by atoms with Crippen molar-refractivity contribution in [3.05, 3.63) is 0 Å². The van der Waals surface area contributed by atoms with Gasteiger partial charge in [0.05, 0.1) is 12.3 Å². The Labute approximate surface area is 95.6 Å². The first kappa shape index (κ1) is 13.0. The summed E-state index contributed by atoms with van der Waals surface area (Å²) in [7, 11) is 0. The predicted molar refractivity (Wildman–Crippen MR) is 60.1 cm³/mol. The minimum Gasteiger partial charge on any atom is -0.481 e. The van der Waals surface area contributed by atoms with Gasteiger partial charge >= 0.3 is 5.97 Å². The van der Waals surface area contributed by atoms with Gasteiger partial charge in [-0.1, -0.05) is 6.92 Å². The Kier molecular flexibility index (Phi) is 5.25. The molecule has 0 aromatic carbocycles. The third-order valence-corrected chi connectivity index (χ3v) is 2.93.